The molecule has 0 amide bonds. The number of halogens is 1. The summed E-state index contributed by atoms with van der Waals surface area (Å²) in [5.41, 5.74) is 8.57. The van der Waals surface area contributed by atoms with Gasteiger partial charge in [-0.3, -0.25) is 4.98 Å². The van der Waals surface area contributed by atoms with E-state index in [-0.39, 0.29) is 23.5 Å². The first-order valence-electron chi connectivity index (χ1n) is 9.79. The summed E-state index contributed by atoms with van der Waals surface area (Å²) < 4.78 is 6.09. The number of aryl methyl sites for hydroxylation is 2. The fourth-order valence-corrected chi connectivity index (χ4v) is 4.29. The van der Waals surface area contributed by atoms with Gasteiger partial charge in [0.25, 0.3) is 0 Å². The Balaban J connectivity index is 1.79. The second-order valence-corrected chi connectivity index (χ2v) is 7.96. The summed E-state index contributed by atoms with van der Waals surface area (Å²) in [6.45, 7) is 3.69. The Bertz CT molecular complexity index is 1090. The number of rotatable bonds is 5. The van der Waals surface area contributed by atoms with E-state index in [2.05, 4.69) is 20.3 Å². The predicted octanol–water partition coefficient (Wildman–Crippen LogP) is 1.91. The molecule has 1 aliphatic carbocycles. The molecule has 160 valence electrons. The van der Waals surface area contributed by atoms with Crippen molar-refractivity contribution in [3.05, 3.63) is 28.7 Å². The molecule has 4 rings (SSSR count). The summed E-state index contributed by atoms with van der Waals surface area (Å²) in [5, 5.41) is 34.0. The maximum absolute atomic E-state index is 10.4. The highest BCUT2D eigenvalue weighted by atomic mass is 35.5. The topological polar surface area (TPSA) is 151 Å². The van der Waals surface area contributed by atoms with E-state index in [9.17, 15) is 15.3 Å². The second-order valence-electron chi connectivity index (χ2n) is 7.60. The van der Waals surface area contributed by atoms with Crippen molar-refractivity contribution >= 4 is 34.3 Å². The normalized spacial score (nSPS) is 23.9. The number of aromatic nitrogens is 3. The largest absolute Gasteiger partial charge is 0.454 e. The van der Waals surface area contributed by atoms with Crippen LogP contribution in [0.5, 0.6) is 0 Å². The fraction of sp³-hybridized carbons (Fsp3) is 0.450. The monoisotopic (exact) mass is 433 g/mol. The fourth-order valence-electron chi connectivity index (χ4n) is 4.02. The van der Waals surface area contributed by atoms with Crippen molar-refractivity contribution in [1.82, 2.24) is 15.0 Å². The number of fused-ring (bicyclic) bond motifs is 1. The first-order chi connectivity index (χ1) is 14.3. The van der Waals surface area contributed by atoms with Gasteiger partial charge in [-0.15, -0.1) is 0 Å². The van der Waals surface area contributed by atoms with Gasteiger partial charge in [0, 0.05) is 23.6 Å². The van der Waals surface area contributed by atoms with E-state index in [1.807, 2.05) is 26.0 Å². The summed E-state index contributed by atoms with van der Waals surface area (Å²) in [5.74, 6) is 0.235. The lowest BCUT2D eigenvalue weighted by atomic mass is 10.1. The SMILES string of the molecule is CCc1nc(C)cc2cc(-c3c(Cl)nc(N)nc3N[C@@H]3C[C@H](CO)[C@@H](O)[C@H]3O)oc12. The zero-order valence-corrected chi connectivity index (χ0v) is 17.4. The zero-order chi connectivity index (χ0) is 21.6. The van der Waals surface area contributed by atoms with Gasteiger partial charge in [-0.25, -0.2) is 4.98 Å². The Morgan fingerprint density at radius 2 is 2.00 bits per heavy atom. The van der Waals surface area contributed by atoms with Gasteiger partial charge in [0.05, 0.1) is 23.4 Å². The molecule has 6 N–H and O–H groups in total. The molecular formula is C20H24ClN5O4. The first kappa shape index (κ1) is 20.8. The smallest absolute Gasteiger partial charge is 0.223 e. The van der Waals surface area contributed by atoms with Crippen LogP contribution in [0.2, 0.25) is 5.15 Å². The lowest BCUT2D eigenvalue weighted by molar-refractivity contribution is 0.00446. The molecule has 3 aromatic heterocycles. The number of anilines is 2. The standard InChI is InChI=1S/C20H24ClN5O4/c1-3-11-17-9(4-8(2)23-11)6-13(30-17)14-18(21)25-20(22)26-19(14)24-12-5-10(7-27)15(28)16(12)29/h4,6,10,12,15-16,27-29H,3,5,7H2,1-2H3,(H3,22,24,25,26)/t10-,12-,15-,16+/m1/s1. The first-order valence-corrected chi connectivity index (χ1v) is 10.2. The molecule has 3 aromatic rings. The van der Waals surface area contributed by atoms with Crippen molar-refractivity contribution in [2.75, 3.05) is 17.7 Å². The molecule has 9 nitrogen and oxygen atoms in total. The number of nitrogen functional groups attached to an aromatic ring is 1. The Kier molecular flexibility index (Phi) is 5.54. The van der Waals surface area contributed by atoms with Crippen molar-refractivity contribution in [3.8, 4) is 11.3 Å². The molecule has 10 heteroatoms. The number of furan rings is 1. The number of nitrogens with zero attached hydrogens (tertiary/aromatic N) is 3. The third kappa shape index (κ3) is 3.58. The van der Waals surface area contributed by atoms with Gasteiger partial charge in [0.1, 0.15) is 22.8 Å². The number of aliphatic hydroxyl groups excluding tert-OH is 3. The minimum absolute atomic E-state index is 0.0409. The summed E-state index contributed by atoms with van der Waals surface area (Å²) in [4.78, 5) is 12.8. The summed E-state index contributed by atoms with van der Waals surface area (Å²) in [7, 11) is 0. The number of nitrogens with one attached hydrogen (secondary N) is 1. The van der Waals surface area contributed by atoms with Crippen LogP contribution in [-0.2, 0) is 6.42 Å². The number of nitrogens with two attached hydrogens (primary N) is 1. The molecule has 0 unspecified atom stereocenters. The highest BCUT2D eigenvalue weighted by Crippen LogP contribution is 2.39. The molecule has 0 spiro atoms. The lowest BCUT2D eigenvalue weighted by Gasteiger charge is -2.20. The lowest BCUT2D eigenvalue weighted by Crippen LogP contribution is -2.35. The minimum atomic E-state index is -1.08. The van der Waals surface area contributed by atoms with Crippen LogP contribution in [0.25, 0.3) is 22.3 Å². The highest BCUT2D eigenvalue weighted by Gasteiger charge is 2.41. The molecule has 0 aliphatic heterocycles. The van der Waals surface area contributed by atoms with E-state index >= 15 is 0 Å². The molecule has 1 aliphatic rings. The van der Waals surface area contributed by atoms with Crippen LogP contribution >= 0.6 is 11.6 Å². The Hall–Kier alpha value is -2.46. The van der Waals surface area contributed by atoms with Crippen molar-refractivity contribution in [1.29, 1.82) is 0 Å². The average molecular weight is 434 g/mol. The van der Waals surface area contributed by atoms with Gasteiger partial charge >= 0.3 is 0 Å². The molecular weight excluding hydrogens is 410 g/mol. The van der Waals surface area contributed by atoms with E-state index in [1.54, 1.807) is 0 Å². The van der Waals surface area contributed by atoms with E-state index in [4.69, 9.17) is 21.8 Å². The number of aliphatic hydroxyl groups is 3. The zero-order valence-electron chi connectivity index (χ0n) is 16.6. The molecule has 3 heterocycles. The van der Waals surface area contributed by atoms with Gasteiger partial charge in [0.2, 0.25) is 5.95 Å². The van der Waals surface area contributed by atoms with Crippen LogP contribution in [0, 0.1) is 12.8 Å². The Morgan fingerprint density at radius 3 is 2.67 bits per heavy atom. The predicted molar refractivity (Wildman–Crippen MR) is 113 cm³/mol. The molecule has 1 fully saturated rings. The summed E-state index contributed by atoms with van der Waals surface area (Å²) in [6, 6.07) is 3.20. The van der Waals surface area contributed by atoms with Gasteiger partial charge in [0.15, 0.2) is 5.58 Å². The van der Waals surface area contributed by atoms with Crippen LogP contribution in [0.15, 0.2) is 16.5 Å². The van der Waals surface area contributed by atoms with Gasteiger partial charge in [-0.2, -0.15) is 4.98 Å². The van der Waals surface area contributed by atoms with Crippen molar-refractivity contribution in [3.63, 3.8) is 0 Å². The maximum Gasteiger partial charge on any atom is 0.223 e. The Morgan fingerprint density at radius 1 is 1.23 bits per heavy atom. The maximum atomic E-state index is 10.4. The number of pyridine rings is 1. The van der Waals surface area contributed by atoms with E-state index < -0.39 is 24.2 Å². The molecule has 0 bridgehead atoms. The van der Waals surface area contributed by atoms with Gasteiger partial charge < -0.3 is 30.8 Å². The van der Waals surface area contributed by atoms with Crippen LogP contribution in [0.3, 0.4) is 0 Å². The van der Waals surface area contributed by atoms with Crippen LogP contribution in [-0.4, -0.2) is 55.1 Å². The van der Waals surface area contributed by atoms with Crippen LogP contribution < -0.4 is 11.1 Å². The van der Waals surface area contributed by atoms with E-state index in [1.165, 1.54) is 0 Å². The number of hydrogen-bond donors (Lipinski definition) is 5. The highest BCUT2D eigenvalue weighted by molar-refractivity contribution is 6.32. The van der Waals surface area contributed by atoms with Gasteiger partial charge in [-0.05, 0) is 31.9 Å². The van der Waals surface area contributed by atoms with Crippen LogP contribution in [0.4, 0.5) is 11.8 Å². The molecule has 0 radical (unpaired) electrons. The third-order valence-corrected chi connectivity index (χ3v) is 5.79. The molecule has 1 saturated carbocycles. The molecule has 0 aromatic carbocycles. The quantitative estimate of drug-likeness (QED) is 0.380. The average Bonchev–Trinajstić information content (AvgIpc) is 3.22. The third-order valence-electron chi connectivity index (χ3n) is 5.52. The minimum Gasteiger partial charge on any atom is -0.454 e. The summed E-state index contributed by atoms with van der Waals surface area (Å²) in [6.07, 6.45) is -1.07. The molecule has 30 heavy (non-hydrogen) atoms. The summed E-state index contributed by atoms with van der Waals surface area (Å²) >= 11 is 6.41. The van der Waals surface area contributed by atoms with Crippen molar-refractivity contribution in [2.45, 2.75) is 44.9 Å². The van der Waals surface area contributed by atoms with Crippen molar-refractivity contribution < 1.29 is 19.7 Å². The Labute approximate surface area is 177 Å². The molecule has 0 saturated heterocycles. The van der Waals surface area contributed by atoms with E-state index in [0.29, 0.717) is 29.7 Å². The van der Waals surface area contributed by atoms with Gasteiger partial charge in [-0.1, -0.05) is 18.5 Å². The van der Waals surface area contributed by atoms with E-state index in [0.717, 1.165) is 16.8 Å². The number of hydrogen-bond acceptors (Lipinski definition) is 9. The molecule has 4 atom stereocenters. The van der Waals surface area contributed by atoms with Crippen molar-refractivity contribution in [2.24, 2.45) is 5.92 Å². The second kappa shape index (κ2) is 7.99. The van der Waals surface area contributed by atoms with Crippen LogP contribution in [0.1, 0.15) is 24.7 Å².